The number of rotatable bonds is 3. The molecule has 18 heavy (non-hydrogen) atoms. The van der Waals surface area contributed by atoms with E-state index in [9.17, 15) is 0 Å². The Morgan fingerprint density at radius 3 is 2.06 bits per heavy atom. The van der Waals surface area contributed by atoms with Crippen LogP contribution < -0.4 is 0 Å². The molecular weight excluding hydrogens is 216 g/mol. The van der Waals surface area contributed by atoms with E-state index < -0.39 is 0 Å². The molecule has 0 heterocycles. The second-order valence-corrected chi connectivity index (χ2v) is 4.52. The first-order chi connectivity index (χ1) is 8.77. The molecule has 0 bridgehead atoms. The molecule has 1 unspecified atom stereocenters. The molecule has 0 aliphatic carbocycles. The summed E-state index contributed by atoms with van der Waals surface area (Å²) in [5.74, 6) is 0.649. The van der Waals surface area contributed by atoms with Crippen LogP contribution in [0.4, 0.5) is 0 Å². The Bertz CT molecular complexity index is 482. The summed E-state index contributed by atoms with van der Waals surface area (Å²) in [4.78, 5) is 0. The third kappa shape index (κ3) is 2.93. The maximum atomic E-state index is 2.31. The summed E-state index contributed by atoms with van der Waals surface area (Å²) in [5, 5.41) is 2.87. The number of aryl methyl sites for hydroxylation is 1. The highest BCUT2D eigenvalue weighted by Gasteiger charge is 2.09. The fourth-order valence-corrected chi connectivity index (χ4v) is 2.34. The zero-order valence-corrected chi connectivity index (χ0v) is 12.5. The third-order valence-corrected chi connectivity index (χ3v) is 3.57. The van der Waals surface area contributed by atoms with Gasteiger partial charge >= 0.3 is 0 Å². The highest BCUT2D eigenvalue weighted by atomic mass is 14.1. The predicted octanol–water partition coefficient (Wildman–Crippen LogP) is 5.94. The first-order valence-corrected chi connectivity index (χ1v) is 7.28. The van der Waals surface area contributed by atoms with Crippen molar-refractivity contribution in [1.29, 1.82) is 0 Å². The first-order valence-electron chi connectivity index (χ1n) is 7.28. The lowest BCUT2D eigenvalue weighted by Crippen LogP contribution is -1.95. The van der Waals surface area contributed by atoms with Crippen molar-refractivity contribution in [2.45, 2.75) is 53.4 Å². The van der Waals surface area contributed by atoms with Crippen molar-refractivity contribution >= 4 is 10.8 Å². The molecule has 0 N–H and O–H groups in total. The Hall–Kier alpha value is -1.30. The molecule has 0 saturated carbocycles. The zero-order chi connectivity index (χ0) is 13.5. The van der Waals surface area contributed by atoms with E-state index in [1.54, 1.807) is 0 Å². The molecule has 2 aromatic carbocycles. The largest absolute Gasteiger partial charge is 0.0683 e. The normalized spacial score (nSPS) is 11.8. The van der Waals surface area contributed by atoms with Crippen LogP contribution >= 0.6 is 0 Å². The second-order valence-electron chi connectivity index (χ2n) is 4.52. The van der Waals surface area contributed by atoms with Gasteiger partial charge in [-0.3, -0.25) is 0 Å². The average Bonchev–Trinajstić information content (AvgIpc) is 2.47. The smallest absolute Gasteiger partial charge is 0.0146 e. The van der Waals surface area contributed by atoms with Crippen molar-refractivity contribution in [3.05, 3.63) is 47.5 Å². The number of benzene rings is 2. The van der Waals surface area contributed by atoms with Gasteiger partial charge in [0.05, 0.1) is 0 Å². The Labute approximate surface area is 112 Å². The van der Waals surface area contributed by atoms with Crippen molar-refractivity contribution < 1.29 is 0 Å². The van der Waals surface area contributed by atoms with Gasteiger partial charge in [-0.15, -0.1) is 0 Å². The number of hydrogen-bond donors (Lipinski definition) is 0. The highest BCUT2D eigenvalue weighted by molar-refractivity contribution is 5.89. The zero-order valence-electron chi connectivity index (χ0n) is 12.5. The predicted molar refractivity (Wildman–Crippen MR) is 83.4 cm³/mol. The van der Waals surface area contributed by atoms with Gasteiger partial charge in [0.15, 0.2) is 0 Å². The van der Waals surface area contributed by atoms with Crippen molar-refractivity contribution in [2.75, 3.05) is 0 Å². The van der Waals surface area contributed by atoms with Gasteiger partial charge in [0.25, 0.3) is 0 Å². The van der Waals surface area contributed by atoms with Gasteiger partial charge in [0.1, 0.15) is 0 Å². The molecule has 2 rings (SSSR count). The minimum atomic E-state index is 0.649. The van der Waals surface area contributed by atoms with Crippen LogP contribution in [0, 0.1) is 0 Å². The number of fused-ring (bicyclic) bond motifs is 1. The molecule has 0 radical (unpaired) electrons. The summed E-state index contributed by atoms with van der Waals surface area (Å²) in [6.07, 6.45) is 2.32. The van der Waals surface area contributed by atoms with E-state index in [1.165, 1.54) is 28.3 Å². The topological polar surface area (TPSA) is 0 Å². The third-order valence-electron chi connectivity index (χ3n) is 3.57. The van der Waals surface area contributed by atoms with Crippen molar-refractivity contribution in [1.82, 2.24) is 0 Å². The summed E-state index contributed by atoms with van der Waals surface area (Å²) in [7, 11) is 0. The molecule has 0 nitrogen and oxygen atoms in total. The standard InChI is InChI=1S/C16H20.C2H6/c1-4-12(3)14-11-10-13(5-2)15-8-6-7-9-16(14)15;1-2/h6-12H,4-5H2,1-3H3;1-2H3. The van der Waals surface area contributed by atoms with E-state index in [0.29, 0.717) is 5.92 Å². The summed E-state index contributed by atoms with van der Waals surface area (Å²) in [6.45, 7) is 10.8. The van der Waals surface area contributed by atoms with Gasteiger partial charge in [-0.05, 0) is 40.7 Å². The maximum Gasteiger partial charge on any atom is -0.0146 e. The summed E-state index contributed by atoms with van der Waals surface area (Å²) in [5.41, 5.74) is 2.96. The SMILES string of the molecule is CC.CCc1ccc(C(C)CC)c2ccccc12. The van der Waals surface area contributed by atoms with E-state index >= 15 is 0 Å². The van der Waals surface area contributed by atoms with Crippen LogP contribution in [-0.2, 0) is 6.42 Å². The molecule has 2 aromatic rings. The highest BCUT2D eigenvalue weighted by Crippen LogP contribution is 2.29. The van der Waals surface area contributed by atoms with E-state index in [-0.39, 0.29) is 0 Å². The molecule has 0 saturated heterocycles. The average molecular weight is 242 g/mol. The molecule has 0 fully saturated rings. The summed E-state index contributed by atoms with van der Waals surface area (Å²) in [6, 6.07) is 13.4. The molecule has 1 atom stereocenters. The van der Waals surface area contributed by atoms with Gasteiger partial charge < -0.3 is 0 Å². The Kier molecular flexibility index (Phi) is 5.91. The van der Waals surface area contributed by atoms with E-state index in [0.717, 1.165) is 6.42 Å². The molecule has 0 amide bonds. The minimum absolute atomic E-state index is 0.649. The molecule has 0 aromatic heterocycles. The first kappa shape index (κ1) is 14.8. The van der Waals surface area contributed by atoms with Crippen LogP contribution in [0.2, 0.25) is 0 Å². The number of hydrogen-bond acceptors (Lipinski definition) is 0. The van der Waals surface area contributed by atoms with Gasteiger partial charge in [-0.25, -0.2) is 0 Å². The van der Waals surface area contributed by atoms with Gasteiger partial charge in [0.2, 0.25) is 0 Å². The van der Waals surface area contributed by atoms with Crippen molar-refractivity contribution in [3.63, 3.8) is 0 Å². The fraction of sp³-hybridized carbons (Fsp3) is 0.444. The van der Waals surface area contributed by atoms with Gasteiger partial charge in [-0.2, -0.15) is 0 Å². The van der Waals surface area contributed by atoms with Crippen LogP contribution in [0.3, 0.4) is 0 Å². The van der Waals surface area contributed by atoms with Gasteiger partial charge in [0, 0.05) is 0 Å². The molecule has 0 aliphatic rings. The molecular formula is C18H26. The van der Waals surface area contributed by atoms with Crippen LogP contribution in [0.5, 0.6) is 0 Å². The second kappa shape index (κ2) is 7.20. The fourth-order valence-electron chi connectivity index (χ4n) is 2.34. The van der Waals surface area contributed by atoms with E-state index in [2.05, 4.69) is 57.2 Å². The Morgan fingerprint density at radius 2 is 1.50 bits per heavy atom. The van der Waals surface area contributed by atoms with Crippen molar-refractivity contribution in [2.24, 2.45) is 0 Å². The maximum absolute atomic E-state index is 2.31. The quantitative estimate of drug-likeness (QED) is 0.624. The molecule has 0 aliphatic heterocycles. The lowest BCUT2D eigenvalue weighted by Gasteiger charge is -2.14. The van der Waals surface area contributed by atoms with Gasteiger partial charge in [-0.1, -0.05) is 71.0 Å². The molecule has 98 valence electrons. The molecule has 0 heteroatoms. The summed E-state index contributed by atoms with van der Waals surface area (Å²) >= 11 is 0. The summed E-state index contributed by atoms with van der Waals surface area (Å²) < 4.78 is 0. The Balaban J connectivity index is 0.000000771. The van der Waals surface area contributed by atoms with E-state index in [4.69, 9.17) is 0 Å². The van der Waals surface area contributed by atoms with Crippen LogP contribution in [0.1, 0.15) is 58.1 Å². The molecule has 0 spiro atoms. The lowest BCUT2D eigenvalue weighted by atomic mass is 9.90. The monoisotopic (exact) mass is 242 g/mol. The lowest BCUT2D eigenvalue weighted by molar-refractivity contribution is 0.739. The van der Waals surface area contributed by atoms with Crippen molar-refractivity contribution in [3.8, 4) is 0 Å². The minimum Gasteiger partial charge on any atom is -0.0683 e. The van der Waals surface area contributed by atoms with Crippen LogP contribution in [0.15, 0.2) is 36.4 Å². The van der Waals surface area contributed by atoms with E-state index in [1.807, 2.05) is 13.8 Å². The Morgan fingerprint density at radius 1 is 0.889 bits per heavy atom. The van der Waals surface area contributed by atoms with Crippen LogP contribution in [0.25, 0.3) is 10.8 Å². The van der Waals surface area contributed by atoms with Crippen LogP contribution in [-0.4, -0.2) is 0 Å².